The first-order chi connectivity index (χ1) is 7.68. The standard InChI is InChI=1S/C12H22N2O2.ClH/c1-8-3-5-13-9(2)11(8)14-12(15)10-4-6-16-7-10;/h8-11,13H,3-7H2,1-2H3,(H,14,15);1H. The van der Waals surface area contributed by atoms with Crippen molar-refractivity contribution in [1.29, 1.82) is 0 Å². The molecule has 4 atom stereocenters. The first-order valence-corrected chi connectivity index (χ1v) is 6.30. The van der Waals surface area contributed by atoms with Gasteiger partial charge in [0.1, 0.15) is 0 Å². The van der Waals surface area contributed by atoms with Gasteiger partial charge in [-0.15, -0.1) is 12.4 Å². The van der Waals surface area contributed by atoms with E-state index in [0.717, 1.165) is 26.0 Å². The maximum Gasteiger partial charge on any atom is 0.225 e. The fourth-order valence-electron chi connectivity index (χ4n) is 2.63. The quantitative estimate of drug-likeness (QED) is 0.779. The van der Waals surface area contributed by atoms with Crippen molar-refractivity contribution in [3.63, 3.8) is 0 Å². The van der Waals surface area contributed by atoms with E-state index in [4.69, 9.17) is 4.74 Å². The van der Waals surface area contributed by atoms with E-state index in [-0.39, 0.29) is 30.3 Å². The van der Waals surface area contributed by atoms with Crippen molar-refractivity contribution in [2.45, 2.75) is 38.8 Å². The molecule has 0 spiro atoms. The predicted octanol–water partition coefficient (Wildman–Crippen LogP) is 0.947. The van der Waals surface area contributed by atoms with Crippen LogP contribution in [0, 0.1) is 11.8 Å². The van der Waals surface area contributed by atoms with Crippen molar-refractivity contribution in [2.24, 2.45) is 11.8 Å². The summed E-state index contributed by atoms with van der Waals surface area (Å²) in [7, 11) is 0. The molecule has 0 aromatic carbocycles. The van der Waals surface area contributed by atoms with Gasteiger partial charge in [-0.1, -0.05) is 6.92 Å². The second-order valence-electron chi connectivity index (χ2n) is 5.10. The molecule has 0 aliphatic carbocycles. The van der Waals surface area contributed by atoms with E-state index in [2.05, 4.69) is 24.5 Å². The highest BCUT2D eigenvalue weighted by Gasteiger charge is 2.31. The maximum atomic E-state index is 12.0. The molecule has 2 rings (SSSR count). The Morgan fingerprint density at radius 2 is 2.12 bits per heavy atom. The smallest absolute Gasteiger partial charge is 0.225 e. The van der Waals surface area contributed by atoms with E-state index in [1.807, 2.05) is 0 Å². The summed E-state index contributed by atoms with van der Waals surface area (Å²) in [6.07, 6.45) is 2.01. The van der Waals surface area contributed by atoms with Crippen LogP contribution >= 0.6 is 12.4 Å². The van der Waals surface area contributed by atoms with Gasteiger partial charge in [-0.05, 0) is 32.2 Å². The monoisotopic (exact) mass is 262 g/mol. The summed E-state index contributed by atoms with van der Waals surface area (Å²) in [5.41, 5.74) is 0. The van der Waals surface area contributed by atoms with Crippen LogP contribution in [0.3, 0.4) is 0 Å². The lowest BCUT2D eigenvalue weighted by atomic mass is 9.88. The van der Waals surface area contributed by atoms with Crippen LogP contribution in [0.5, 0.6) is 0 Å². The molecule has 2 N–H and O–H groups in total. The summed E-state index contributed by atoms with van der Waals surface area (Å²) in [6, 6.07) is 0.636. The minimum Gasteiger partial charge on any atom is -0.381 e. The molecule has 5 heteroatoms. The van der Waals surface area contributed by atoms with Gasteiger partial charge in [0.15, 0.2) is 0 Å². The molecule has 0 aromatic rings. The van der Waals surface area contributed by atoms with Gasteiger partial charge in [-0.25, -0.2) is 0 Å². The van der Waals surface area contributed by atoms with Crippen molar-refractivity contribution in [3.8, 4) is 0 Å². The predicted molar refractivity (Wildman–Crippen MR) is 69.4 cm³/mol. The summed E-state index contributed by atoms with van der Waals surface area (Å²) in [5, 5.41) is 6.59. The first kappa shape index (κ1) is 14.7. The largest absolute Gasteiger partial charge is 0.381 e. The van der Waals surface area contributed by atoms with E-state index in [9.17, 15) is 4.79 Å². The average molecular weight is 263 g/mol. The molecule has 17 heavy (non-hydrogen) atoms. The fourth-order valence-corrected chi connectivity index (χ4v) is 2.63. The van der Waals surface area contributed by atoms with Crippen molar-refractivity contribution in [3.05, 3.63) is 0 Å². The molecule has 4 nitrogen and oxygen atoms in total. The molecule has 2 aliphatic heterocycles. The lowest BCUT2D eigenvalue weighted by Gasteiger charge is -2.36. The normalized spacial score (nSPS) is 37.3. The van der Waals surface area contributed by atoms with E-state index in [1.165, 1.54) is 0 Å². The van der Waals surface area contributed by atoms with E-state index < -0.39 is 0 Å². The van der Waals surface area contributed by atoms with E-state index in [0.29, 0.717) is 18.6 Å². The molecule has 100 valence electrons. The number of piperidine rings is 1. The van der Waals surface area contributed by atoms with Crippen molar-refractivity contribution in [1.82, 2.24) is 10.6 Å². The average Bonchev–Trinajstić information content (AvgIpc) is 2.76. The van der Waals surface area contributed by atoms with Crippen LogP contribution in [-0.2, 0) is 9.53 Å². The molecule has 1 amide bonds. The molecule has 0 saturated carbocycles. The number of hydrogen-bond donors (Lipinski definition) is 2. The summed E-state index contributed by atoms with van der Waals surface area (Å²) in [6.45, 7) is 6.74. The Labute approximate surface area is 109 Å². The Morgan fingerprint density at radius 3 is 2.71 bits per heavy atom. The zero-order valence-electron chi connectivity index (χ0n) is 10.6. The molecule has 2 fully saturated rings. The molecule has 2 heterocycles. The second kappa shape index (κ2) is 6.57. The van der Waals surface area contributed by atoms with E-state index in [1.54, 1.807) is 0 Å². The highest BCUT2D eigenvalue weighted by Crippen LogP contribution is 2.18. The topological polar surface area (TPSA) is 50.4 Å². The number of carbonyl (C=O) groups excluding carboxylic acids is 1. The molecule has 2 aliphatic rings. The molecular formula is C12H23ClN2O2. The van der Waals surface area contributed by atoms with Gasteiger partial charge in [0, 0.05) is 18.7 Å². The van der Waals surface area contributed by atoms with E-state index >= 15 is 0 Å². The highest BCUT2D eigenvalue weighted by atomic mass is 35.5. The van der Waals surface area contributed by atoms with Crippen LogP contribution in [0.2, 0.25) is 0 Å². The minimum atomic E-state index is 0. The van der Waals surface area contributed by atoms with Gasteiger partial charge in [0.05, 0.1) is 12.5 Å². The molecular weight excluding hydrogens is 240 g/mol. The molecule has 0 aromatic heterocycles. The van der Waals surface area contributed by atoms with Crippen molar-refractivity contribution < 1.29 is 9.53 Å². The maximum absolute atomic E-state index is 12.0. The molecule has 0 bridgehead atoms. The zero-order valence-corrected chi connectivity index (χ0v) is 11.4. The van der Waals surface area contributed by atoms with Gasteiger partial charge in [0.25, 0.3) is 0 Å². The SMILES string of the molecule is CC1CCNC(C)C1NC(=O)C1CCOC1.Cl. The van der Waals surface area contributed by atoms with Crippen molar-refractivity contribution in [2.75, 3.05) is 19.8 Å². The molecule has 0 radical (unpaired) electrons. The summed E-state index contributed by atoms with van der Waals surface area (Å²) in [4.78, 5) is 12.0. The molecule has 4 unspecified atom stereocenters. The van der Waals surface area contributed by atoms with Crippen LogP contribution in [0.25, 0.3) is 0 Å². The lowest BCUT2D eigenvalue weighted by Crippen LogP contribution is -2.56. The Bertz CT molecular complexity index is 247. The minimum absolute atomic E-state index is 0. The van der Waals surface area contributed by atoms with Gasteiger partial charge in [-0.2, -0.15) is 0 Å². The molecule has 2 saturated heterocycles. The Kier molecular flexibility index (Phi) is 5.70. The van der Waals surface area contributed by atoms with Crippen LogP contribution in [-0.4, -0.2) is 37.7 Å². The number of carbonyl (C=O) groups is 1. The lowest BCUT2D eigenvalue weighted by molar-refractivity contribution is -0.126. The summed E-state index contributed by atoms with van der Waals surface area (Å²) in [5.74, 6) is 0.800. The Balaban J connectivity index is 0.00000144. The summed E-state index contributed by atoms with van der Waals surface area (Å²) < 4.78 is 5.24. The van der Waals surface area contributed by atoms with Crippen molar-refractivity contribution >= 4 is 18.3 Å². The first-order valence-electron chi connectivity index (χ1n) is 6.30. The number of nitrogens with one attached hydrogen (secondary N) is 2. The summed E-state index contributed by atoms with van der Waals surface area (Å²) >= 11 is 0. The van der Waals surface area contributed by atoms with Crippen LogP contribution < -0.4 is 10.6 Å². The number of amides is 1. The number of halogens is 1. The van der Waals surface area contributed by atoms with Gasteiger partial charge >= 0.3 is 0 Å². The second-order valence-corrected chi connectivity index (χ2v) is 5.10. The van der Waals surface area contributed by atoms with Gasteiger partial charge in [0.2, 0.25) is 5.91 Å². The van der Waals surface area contributed by atoms with Crippen LogP contribution in [0.15, 0.2) is 0 Å². The third kappa shape index (κ3) is 3.57. The number of ether oxygens (including phenoxy) is 1. The highest BCUT2D eigenvalue weighted by molar-refractivity contribution is 5.85. The number of hydrogen-bond acceptors (Lipinski definition) is 3. The Morgan fingerprint density at radius 1 is 1.35 bits per heavy atom. The number of rotatable bonds is 2. The Hall–Kier alpha value is -0.320. The van der Waals surface area contributed by atoms with Crippen LogP contribution in [0.4, 0.5) is 0 Å². The fraction of sp³-hybridized carbons (Fsp3) is 0.917. The van der Waals surface area contributed by atoms with Gasteiger partial charge in [-0.3, -0.25) is 4.79 Å². The van der Waals surface area contributed by atoms with Gasteiger partial charge < -0.3 is 15.4 Å². The third-order valence-electron chi connectivity index (χ3n) is 3.83. The third-order valence-corrected chi connectivity index (χ3v) is 3.83. The van der Waals surface area contributed by atoms with Crippen LogP contribution in [0.1, 0.15) is 26.7 Å². The zero-order chi connectivity index (χ0) is 11.5.